The second-order valence-corrected chi connectivity index (χ2v) is 6.62. The van der Waals surface area contributed by atoms with Crippen LogP contribution in [0.1, 0.15) is 30.1 Å². The molecule has 1 saturated carbocycles. The molecule has 0 saturated heterocycles. The minimum atomic E-state index is -4.20. The predicted octanol–water partition coefficient (Wildman–Crippen LogP) is 1.74. The topological polar surface area (TPSA) is 83.5 Å². The fourth-order valence-electron chi connectivity index (χ4n) is 2.22. The second-order valence-electron chi connectivity index (χ2n) is 4.93. The molecular weight excluding hydrogens is 292 g/mol. The van der Waals surface area contributed by atoms with Crippen LogP contribution in [0.3, 0.4) is 0 Å². The van der Waals surface area contributed by atoms with Gasteiger partial charge in [-0.15, -0.1) is 0 Å². The SMILES string of the molecule is CC1CC(NS(=O)(=O)c2ccc(F)c(C(=O)O)c2F)C1. The molecule has 0 radical (unpaired) electrons. The lowest BCUT2D eigenvalue weighted by Crippen LogP contribution is -2.43. The van der Waals surface area contributed by atoms with Crippen molar-refractivity contribution < 1.29 is 27.1 Å². The number of rotatable bonds is 4. The molecule has 5 nitrogen and oxygen atoms in total. The highest BCUT2D eigenvalue weighted by Crippen LogP contribution is 2.29. The predicted molar refractivity (Wildman–Crippen MR) is 65.8 cm³/mol. The number of sulfonamides is 1. The van der Waals surface area contributed by atoms with Gasteiger partial charge < -0.3 is 5.11 Å². The summed E-state index contributed by atoms with van der Waals surface area (Å²) in [4.78, 5) is 9.91. The normalized spacial score (nSPS) is 22.4. The van der Waals surface area contributed by atoms with Gasteiger partial charge in [0.15, 0.2) is 5.82 Å². The number of hydrogen-bond donors (Lipinski definition) is 2. The van der Waals surface area contributed by atoms with Gasteiger partial charge in [0.1, 0.15) is 16.3 Å². The van der Waals surface area contributed by atoms with Crippen LogP contribution in [0, 0.1) is 17.6 Å². The van der Waals surface area contributed by atoms with Gasteiger partial charge in [0, 0.05) is 6.04 Å². The lowest BCUT2D eigenvalue weighted by Gasteiger charge is -2.32. The molecule has 1 aromatic rings. The molecule has 0 atom stereocenters. The summed E-state index contributed by atoms with van der Waals surface area (Å²) in [7, 11) is -4.20. The monoisotopic (exact) mass is 305 g/mol. The largest absolute Gasteiger partial charge is 0.477 e. The third-order valence-electron chi connectivity index (χ3n) is 3.25. The van der Waals surface area contributed by atoms with Crippen molar-refractivity contribution in [2.24, 2.45) is 5.92 Å². The van der Waals surface area contributed by atoms with Crippen molar-refractivity contribution in [2.75, 3.05) is 0 Å². The Balaban J connectivity index is 2.37. The van der Waals surface area contributed by atoms with E-state index in [-0.39, 0.29) is 6.04 Å². The average molecular weight is 305 g/mol. The van der Waals surface area contributed by atoms with Crippen LogP contribution in [0.15, 0.2) is 17.0 Å². The molecule has 20 heavy (non-hydrogen) atoms. The summed E-state index contributed by atoms with van der Waals surface area (Å²) in [5.41, 5.74) is -1.27. The van der Waals surface area contributed by atoms with E-state index in [0.717, 1.165) is 6.07 Å². The Bertz CT molecular complexity index is 654. The zero-order valence-corrected chi connectivity index (χ0v) is 11.4. The van der Waals surface area contributed by atoms with Crippen molar-refractivity contribution in [3.63, 3.8) is 0 Å². The number of nitrogens with one attached hydrogen (secondary N) is 1. The first kappa shape index (κ1) is 14.9. The molecule has 1 aliphatic rings. The van der Waals surface area contributed by atoms with Gasteiger partial charge in [0.05, 0.1) is 0 Å². The first-order chi connectivity index (χ1) is 9.22. The van der Waals surface area contributed by atoms with Crippen LogP contribution in [0.4, 0.5) is 8.78 Å². The van der Waals surface area contributed by atoms with Crippen molar-refractivity contribution in [1.82, 2.24) is 4.72 Å². The van der Waals surface area contributed by atoms with Crippen molar-refractivity contribution in [1.29, 1.82) is 0 Å². The number of benzene rings is 1. The Labute approximate surface area is 114 Å². The van der Waals surface area contributed by atoms with Gasteiger partial charge in [-0.25, -0.2) is 26.7 Å². The van der Waals surface area contributed by atoms with Crippen molar-refractivity contribution in [3.8, 4) is 0 Å². The summed E-state index contributed by atoms with van der Waals surface area (Å²) in [5.74, 6) is -4.37. The van der Waals surface area contributed by atoms with E-state index in [9.17, 15) is 22.0 Å². The Morgan fingerprint density at radius 2 is 1.95 bits per heavy atom. The molecule has 1 fully saturated rings. The van der Waals surface area contributed by atoms with E-state index in [4.69, 9.17) is 5.11 Å². The minimum Gasteiger partial charge on any atom is -0.477 e. The highest BCUT2D eigenvalue weighted by Gasteiger charge is 2.33. The lowest BCUT2D eigenvalue weighted by atomic mass is 9.83. The molecule has 0 unspecified atom stereocenters. The van der Waals surface area contributed by atoms with Crippen LogP contribution in [0.25, 0.3) is 0 Å². The molecule has 0 bridgehead atoms. The molecule has 2 rings (SSSR count). The van der Waals surface area contributed by atoms with E-state index < -0.39 is 38.1 Å². The summed E-state index contributed by atoms with van der Waals surface area (Å²) in [6.07, 6.45) is 1.27. The number of aromatic carboxylic acids is 1. The molecule has 2 N–H and O–H groups in total. The minimum absolute atomic E-state index is 0.298. The highest BCUT2D eigenvalue weighted by atomic mass is 32.2. The highest BCUT2D eigenvalue weighted by molar-refractivity contribution is 7.89. The molecule has 1 aromatic carbocycles. The summed E-state index contributed by atoms with van der Waals surface area (Å²) in [6, 6.07) is 1.05. The van der Waals surface area contributed by atoms with Crippen LogP contribution < -0.4 is 4.72 Å². The fourth-order valence-corrected chi connectivity index (χ4v) is 3.56. The second kappa shape index (κ2) is 5.10. The third kappa shape index (κ3) is 2.66. The maximum absolute atomic E-state index is 13.9. The van der Waals surface area contributed by atoms with E-state index in [2.05, 4.69) is 4.72 Å². The first-order valence-electron chi connectivity index (χ1n) is 5.96. The average Bonchev–Trinajstić information content (AvgIpc) is 2.25. The van der Waals surface area contributed by atoms with E-state index in [1.807, 2.05) is 6.92 Å². The molecular formula is C12H13F2NO4S. The molecule has 0 amide bonds. The number of carboxylic acid groups (broad SMARTS) is 1. The molecule has 8 heteroatoms. The van der Waals surface area contributed by atoms with Gasteiger partial charge in [-0.05, 0) is 30.9 Å². The zero-order chi connectivity index (χ0) is 15.1. The number of hydrogen-bond acceptors (Lipinski definition) is 3. The van der Waals surface area contributed by atoms with Gasteiger partial charge in [0.2, 0.25) is 10.0 Å². The van der Waals surface area contributed by atoms with Crippen molar-refractivity contribution in [2.45, 2.75) is 30.7 Å². The van der Waals surface area contributed by atoms with Crippen LogP contribution in [-0.4, -0.2) is 25.5 Å². The van der Waals surface area contributed by atoms with Crippen LogP contribution in [0.5, 0.6) is 0 Å². The van der Waals surface area contributed by atoms with Crippen molar-refractivity contribution in [3.05, 3.63) is 29.3 Å². The summed E-state index contributed by atoms with van der Waals surface area (Å²) in [6.45, 7) is 1.95. The molecule has 0 aliphatic heterocycles. The van der Waals surface area contributed by atoms with E-state index in [1.165, 1.54) is 0 Å². The van der Waals surface area contributed by atoms with Gasteiger partial charge in [-0.3, -0.25) is 0 Å². The van der Waals surface area contributed by atoms with E-state index >= 15 is 0 Å². The van der Waals surface area contributed by atoms with Gasteiger partial charge in [-0.2, -0.15) is 0 Å². The smallest absolute Gasteiger partial charge is 0.341 e. The first-order valence-corrected chi connectivity index (χ1v) is 7.44. The number of carbonyl (C=O) groups is 1. The standard InChI is InChI=1S/C12H13F2NO4S/c1-6-4-7(5-6)15-20(18,19)9-3-2-8(13)10(11(9)14)12(16)17/h2-3,6-7,15H,4-5H2,1H3,(H,16,17). The van der Waals surface area contributed by atoms with Gasteiger partial charge in [0.25, 0.3) is 0 Å². The number of halogens is 2. The van der Waals surface area contributed by atoms with E-state index in [0.29, 0.717) is 24.8 Å². The van der Waals surface area contributed by atoms with Gasteiger partial charge >= 0.3 is 5.97 Å². The Hall–Kier alpha value is -1.54. The van der Waals surface area contributed by atoms with Crippen LogP contribution >= 0.6 is 0 Å². The van der Waals surface area contributed by atoms with Crippen LogP contribution in [0.2, 0.25) is 0 Å². The van der Waals surface area contributed by atoms with Crippen LogP contribution in [-0.2, 0) is 10.0 Å². The maximum atomic E-state index is 13.9. The summed E-state index contributed by atoms with van der Waals surface area (Å²) < 4.78 is 53.4. The fraction of sp³-hybridized carbons (Fsp3) is 0.417. The summed E-state index contributed by atoms with van der Waals surface area (Å²) >= 11 is 0. The van der Waals surface area contributed by atoms with E-state index in [1.54, 1.807) is 0 Å². The van der Waals surface area contributed by atoms with Gasteiger partial charge in [-0.1, -0.05) is 6.92 Å². The Morgan fingerprint density at radius 3 is 2.45 bits per heavy atom. The van der Waals surface area contributed by atoms with Crippen molar-refractivity contribution >= 4 is 16.0 Å². The molecule has 0 heterocycles. The molecule has 0 spiro atoms. The zero-order valence-electron chi connectivity index (χ0n) is 10.6. The molecule has 1 aliphatic carbocycles. The molecule has 110 valence electrons. The number of carboxylic acids is 1. The quantitative estimate of drug-likeness (QED) is 0.887. The Kier molecular flexibility index (Phi) is 3.79. The maximum Gasteiger partial charge on any atom is 0.341 e. The Morgan fingerprint density at radius 1 is 1.35 bits per heavy atom. The third-order valence-corrected chi connectivity index (χ3v) is 4.79. The lowest BCUT2D eigenvalue weighted by molar-refractivity contribution is 0.0685. The molecule has 0 aromatic heterocycles. The summed E-state index contributed by atoms with van der Waals surface area (Å²) in [5, 5.41) is 8.72.